The summed E-state index contributed by atoms with van der Waals surface area (Å²) in [5, 5.41) is 1.05. The second-order valence-corrected chi connectivity index (χ2v) is 5.54. The van der Waals surface area contributed by atoms with Crippen LogP contribution in [0.2, 0.25) is 0 Å². The number of aromatic nitrogens is 2. The Morgan fingerprint density at radius 1 is 1.05 bits per heavy atom. The summed E-state index contributed by atoms with van der Waals surface area (Å²) in [6.45, 7) is 4.63. The first-order valence-corrected chi connectivity index (χ1v) is 7.60. The second-order valence-electron chi connectivity index (χ2n) is 4.55. The number of para-hydroxylation sites is 2. The average Bonchev–Trinajstić information content (AvgIpc) is 2.84. The number of fused-ring (bicyclic) bond motifs is 1. The van der Waals surface area contributed by atoms with Gasteiger partial charge in [0.15, 0.2) is 5.16 Å². The third kappa shape index (κ3) is 2.63. The SMILES string of the molecule is C=CCSc1nc2ccccc2n1Cc1ccccc1. The minimum absolute atomic E-state index is 0.848. The topological polar surface area (TPSA) is 17.8 Å². The monoisotopic (exact) mass is 280 g/mol. The molecule has 0 fully saturated rings. The Labute approximate surface area is 123 Å². The van der Waals surface area contributed by atoms with E-state index in [1.807, 2.05) is 18.2 Å². The molecule has 100 valence electrons. The summed E-state index contributed by atoms with van der Waals surface area (Å²) in [6, 6.07) is 18.8. The molecule has 0 N–H and O–H groups in total. The molecule has 0 spiro atoms. The lowest BCUT2D eigenvalue weighted by molar-refractivity contribution is 0.731. The van der Waals surface area contributed by atoms with Gasteiger partial charge in [-0.25, -0.2) is 4.98 Å². The van der Waals surface area contributed by atoms with Crippen LogP contribution < -0.4 is 0 Å². The fraction of sp³-hybridized carbons (Fsp3) is 0.118. The van der Waals surface area contributed by atoms with Gasteiger partial charge in [-0.1, -0.05) is 60.3 Å². The highest BCUT2D eigenvalue weighted by molar-refractivity contribution is 7.99. The summed E-state index contributed by atoms with van der Waals surface area (Å²) in [6.07, 6.45) is 1.91. The highest BCUT2D eigenvalue weighted by atomic mass is 32.2. The smallest absolute Gasteiger partial charge is 0.169 e. The standard InChI is InChI=1S/C17H16N2S/c1-2-12-20-17-18-15-10-6-7-11-16(15)19(17)13-14-8-4-3-5-9-14/h2-11H,1,12-13H2. The van der Waals surface area contributed by atoms with Crippen LogP contribution in [0, 0.1) is 0 Å². The molecule has 1 heterocycles. The van der Waals surface area contributed by atoms with Crippen molar-refractivity contribution in [1.82, 2.24) is 9.55 Å². The predicted octanol–water partition coefficient (Wildman–Crippen LogP) is 4.36. The number of rotatable bonds is 5. The van der Waals surface area contributed by atoms with E-state index in [4.69, 9.17) is 4.98 Å². The molecule has 0 unspecified atom stereocenters. The number of imidazole rings is 1. The molecule has 0 amide bonds. The summed E-state index contributed by atoms with van der Waals surface area (Å²) in [5.74, 6) is 0.873. The van der Waals surface area contributed by atoms with Crippen molar-refractivity contribution in [2.75, 3.05) is 5.75 Å². The molecule has 3 rings (SSSR count). The summed E-state index contributed by atoms with van der Waals surface area (Å²) in [5.41, 5.74) is 3.52. The number of hydrogen-bond donors (Lipinski definition) is 0. The third-order valence-corrected chi connectivity index (χ3v) is 4.11. The van der Waals surface area contributed by atoms with Gasteiger partial charge in [0.05, 0.1) is 17.6 Å². The Hall–Kier alpha value is -2.00. The molecule has 20 heavy (non-hydrogen) atoms. The van der Waals surface area contributed by atoms with Crippen LogP contribution in [-0.2, 0) is 6.54 Å². The van der Waals surface area contributed by atoms with Crippen molar-refractivity contribution in [1.29, 1.82) is 0 Å². The molecule has 0 atom stereocenters. The molecule has 0 aliphatic carbocycles. The second kappa shape index (κ2) is 5.97. The van der Waals surface area contributed by atoms with Crippen molar-refractivity contribution < 1.29 is 0 Å². The molecule has 1 aromatic heterocycles. The fourth-order valence-electron chi connectivity index (χ4n) is 2.22. The summed E-state index contributed by atoms with van der Waals surface area (Å²) < 4.78 is 2.28. The maximum Gasteiger partial charge on any atom is 0.169 e. The van der Waals surface area contributed by atoms with Crippen LogP contribution in [0.5, 0.6) is 0 Å². The van der Waals surface area contributed by atoms with Crippen molar-refractivity contribution in [3.63, 3.8) is 0 Å². The van der Waals surface area contributed by atoms with Crippen molar-refractivity contribution in [3.05, 3.63) is 72.8 Å². The predicted molar refractivity (Wildman–Crippen MR) is 86.2 cm³/mol. The first kappa shape index (κ1) is 13.0. The van der Waals surface area contributed by atoms with Crippen LogP contribution in [0.15, 0.2) is 72.4 Å². The average molecular weight is 280 g/mol. The van der Waals surface area contributed by atoms with E-state index >= 15 is 0 Å². The Kier molecular flexibility index (Phi) is 3.88. The third-order valence-electron chi connectivity index (χ3n) is 3.13. The fourth-order valence-corrected chi connectivity index (χ4v) is 2.96. The Balaban J connectivity index is 2.03. The van der Waals surface area contributed by atoms with E-state index in [1.54, 1.807) is 11.8 Å². The van der Waals surface area contributed by atoms with E-state index in [0.29, 0.717) is 0 Å². The van der Waals surface area contributed by atoms with Gasteiger partial charge >= 0.3 is 0 Å². The molecule has 3 aromatic rings. The molecule has 0 bridgehead atoms. The molecule has 0 aliphatic rings. The van der Waals surface area contributed by atoms with Gasteiger partial charge in [-0.05, 0) is 17.7 Å². The maximum absolute atomic E-state index is 4.72. The van der Waals surface area contributed by atoms with E-state index in [0.717, 1.165) is 23.0 Å². The molecule has 2 nitrogen and oxygen atoms in total. The highest BCUT2D eigenvalue weighted by Gasteiger charge is 2.10. The minimum atomic E-state index is 0.848. The van der Waals surface area contributed by atoms with Gasteiger partial charge in [-0.15, -0.1) is 6.58 Å². The zero-order valence-corrected chi connectivity index (χ0v) is 12.0. The van der Waals surface area contributed by atoms with Crippen molar-refractivity contribution in [3.8, 4) is 0 Å². The van der Waals surface area contributed by atoms with Crippen LogP contribution in [-0.4, -0.2) is 15.3 Å². The van der Waals surface area contributed by atoms with Gasteiger partial charge in [0.1, 0.15) is 0 Å². The Bertz CT molecular complexity index is 716. The van der Waals surface area contributed by atoms with Gasteiger partial charge in [0.25, 0.3) is 0 Å². The minimum Gasteiger partial charge on any atom is -0.314 e. The van der Waals surface area contributed by atoms with Gasteiger partial charge < -0.3 is 4.57 Å². The lowest BCUT2D eigenvalue weighted by Gasteiger charge is -2.08. The number of nitrogens with zero attached hydrogens (tertiary/aromatic N) is 2. The number of thioether (sulfide) groups is 1. The first-order valence-electron chi connectivity index (χ1n) is 6.61. The van der Waals surface area contributed by atoms with Crippen LogP contribution in [0.25, 0.3) is 11.0 Å². The molecular weight excluding hydrogens is 264 g/mol. The summed E-state index contributed by atoms with van der Waals surface area (Å²) in [4.78, 5) is 4.72. The van der Waals surface area contributed by atoms with Crippen LogP contribution in [0.1, 0.15) is 5.56 Å². The van der Waals surface area contributed by atoms with Crippen molar-refractivity contribution in [2.45, 2.75) is 11.7 Å². The molecule has 0 radical (unpaired) electrons. The van der Waals surface area contributed by atoms with E-state index in [1.165, 1.54) is 11.1 Å². The number of benzene rings is 2. The summed E-state index contributed by atoms with van der Waals surface area (Å²) in [7, 11) is 0. The van der Waals surface area contributed by atoms with Crippen LogP contribution in [0.3, 0.4) is 0 Å². The lowest BCUT2D eigenvalue weighted by Crippen LogP contribution is -2.01. The molecule has 3 heteroatoms. The van der Waals surface area contributed by atoms with Gasteiger partial charge in [-0.3, -0.25) is 0 Å². The zero-order valence-electron chi connectivity index (χ0n) is 11.2. The molecule has 2 aromatic carbocycles. The Morgan fingerprint density at radius 2 is 1.80 bits per heavy atom. The van der Waals surface area contributed by atoms with E-state index in [2.05, 4.69) is 53.6 Å². The molecule has 0 aliphatic heterocycles. The number of hydrogen-bond acceptors (Lipinski definition) is 2. The van der Waals surface area contributed by atoms with E-state index in [9.17, 15) is 0 Å². The maximum atomic E-state index is 4.72. The molecular formula is C17H16N2S. The largest absolute Gasteiger partial charge is 0.314 e. The quantitative estimate of drug-likeness (QED) is 0.510. The van der Waals surface area contributed by atoms with Gasteiger partial charge in [0, 0.05) is 5.75 Å². The summed E-state index contributed by atoms with van der Waals surface area (Å²) >= 11 is 1.73. The molecule has 0 saturated heterocycles. The van der Waals surface area contributed by atoms with Crippen molar-refractivity contribution in [2.24, 2.45) is 0 Å². The van der Waals surface area contributed by atoms with Gasteiger partial charge in [-0.2, -0.15) is 0 Å². The lowest BCUT2D eigenvalue weighted by atomic mass is 10.2. The Morgan fingerprint density at radius 3 is 2.60 bits per heavy atom. The van der Waals surface area contributed by atoms with Crippen LogP contribution >= 0.6 is 11.8 Å². The normalized spacial score (nSPS) is 10.8. The van der Waals surface area contributed by atoms with E-state index < -0.39 is 0 Å². The van der Waals surface area contributed by atoms with E-state index in [-0.39, 0.29) is 0 Å². The molecule has 0 saturated carbocycles. The zero-order chi connectivity index (χ0) is 13.8. The highest BCUT2D eigenvalue weighted by Crippen LogP contribution is 2.25. The van der Waals surface area contributed by atoms with Crippen LogP contribution in [0.4, 0.5) is 0 Å². The first-order chi connectivity index (χ1) is 9.88. The van der Waals surface area contributed by atoms with Crippen molar-refractivity contribution >= 4 is 22.8 Å². The van der Waals surface area contributed by atoms with Gasteiger partial charge in [0.2, 0.25) is 0 Å².